The van der Waals surface area contributed by atoms with Gasteiger partial charge in [-0.1, -0.05) is 6.92 Å². The van der Waals surface area contributed by atoms with Crippen LogP contribution in [0.3, 0.4) is 0 Å². The third-order valence-electron chi connectivity index (χ3n) is 6.74. The third kappa shape index (κ3) is 4.12. The number of aromatic nitrogens is 2. The molecule has 32 heavy (non-hydrogen) atoms. The zero-order chi connectivity index (χ0) is 23.3. The molecule has 0 bridgehead atoms. The number of nitrogens with zero attached hydrogens (tertiary/aromatic N) is 5. The Morgan fingerprint density at radius 3 is 2.47 bits per heavy atom. The van der Waals surface area contributed by atoms with Crippen LogP contribution in [0.4, 0.5) is 16.2 Å². The van der Waals surface area contributed by atoms with E-state index in [2.05, 4.69) is 16.1 Å². The SMILES string of the molecule is CCc1nn2c(C)cc(N3CCC4(CCN(C(=O)OC(C)(C)C)C4)CC3)cc2c1[N+](=O)[O-]. The summed E-state index contributed by atoms with van der Waals surface area (Å²) in [7, 11) is 0. The number of ether oxygens (including phenoxy) is 1. The molecule has 4 heterocycles. The van der Waals surface area contributed by atoms with E-state index in [0.717, 1.165) is 56.8 Å². The van der Waals surface area contributed by atoms with Gasteiger partial charge in [0.2, 0.25) is 0 Å². The van der Waals surface area contributed by atoms with Crippen molar-refractivity contribution in [2.24, 2.45) is 5.41 Å². The maximum absolute atomic E-state index is 12.5. The molecule has 9 heteroatoms. The van der Waals surface area contributed by atoms with Crippen molar-refractivity contribution < 1.29 is 14.5 Å². The molecular formula is C23H33N5O4. The van der Waals surface area contributed by atoms with E-state index in [0.29, 0.717) is 17.6 Å². The largest absolute Gasteiger partial charge is 0.444 e. The van der Waals surface area contributed by atoms with E-state index in [1.54, 1.807) is 4.52 Å². The monoisotopic (exact) mass is 443 g/mol. The second-order valence-corrected chi connectivity index (χ2v) is 10.2. The molecule has 2 aliphatic rings. The molecule has 2 aromatic heterocycles. The molecule has 0 radical (unpaired) electrons. The molecule has 0 unspecified atom stereocenters. The van der Waals surface area contributed by atoms with Crippen molar-refractivity contribution in [3.63, 3.8) is 0 Å². The lowest BCUT2D eigenvalue weighted by Crippen LogP contribution is -2.43. The molecule has 4 rings (SSSR count). The van der Waals surface area contributed by atoms with E-state index in [9.17, 15) is 14.9 Å². The van der Waals surface area contributed by atoms with Crippen LogP contribution in [0.2, 0.25) is 0 Å². The highest BCUT2D eigenvalue weighted by Gasteiger charge is 2.43. The predicted molar refractivity (Wildman–Crippen MR) is 122 cm³/mol. The molecule has 0 N–H and O–H groups in total. The van der Waals surface area contributed by atoms with E-state index < -0.39 is 5.60 Å². The summed E-state index contributed by atoms with van der Waals surface area (Å²) in [6.07, 6.45) is 3.26. The van der Waals surface area contributed by atoms with Crippen molar-refractivity contribution in [2.75, 3.05) is 31.1 Å². The Kier molecular flexibility index (Phi) is 5.55. The molecule has 174 valence electrons. The molecule has 1 spiro atoms. The van der Waals surface area contributed by atoms with Gasteiger partial charge in [0.25, 0.3) is 0 Å². The minimum Gasteiger partial charge on any atom is -0.444 e. The fourth-order valence-corrected chi connectivity index (χ4v) is 5.01. The van der Waals surface area contributed by atoms with Crippen LogP contribution in [0.15, 0.2) is 12.1 Å². The first-order valence-corrected chi connectivity index (χ1v) is 11.4. The smallest absolute Gasteiger partial charge is 0.410 e. The average Bonchev–Trinajstić information content (AvgIpc) is 3.29. The van der Waals surface area contributed by atoms with Crippen molar-refractivity contribution in [2.45, 2.75) is 65.9 Å². The third-order valence-corrected chi connectivity index (χ3v) is 6.74. The minimum absolute atomic E-state index is 0.106. The van der Waals surface area contributed by atoms with Gasteiger partial charge < -0.3 is 14.5 Å². The molecule has 9 nitrogen and oxygen atoms in total. The number of anilines is 1. The number of aryl methyl sites for hydroxylation is 2. The Labute approximate surface area is 188 Å². The number of hydrogen-bond donors (Lipinski definition) is 0. The molecule has 0 atom stereocenters. The summed E-state index contributed by atoms with van der Waals surface area (Å²) in [6.45, 7) is 12.7. The topological polar surface area (TPSA) is 93.2 Å². The highest BCUT2D eigenvalue weighted by Crippen LogP contribution is 2.42. The van der Waals surface area contributed by atoms with Gasteiger partial charge in [-0.05, 0) is 70.9 Å². The lowest BCUT2D eigenvalue weighted by molar-refractivity contribution is -0.383. The number of carbonyl (C=O) groups is 1. The lowest BCUT2D eigenvalue weighted by Gasteiger charge is -2.40. The van der Waals surface area contributed by atoms with Crippen LogP contribution in [-0.4, -0.2) is 57.3 Å². The predicted octanol–water partition coefficient (Wildman–Crippen LogP) is 4.34. The fourth-order valence-electron chi connectivity index (χ4n) is 5.01. The number of piperidine rings is 1. The molecule has 2 saturated heterocycles. The Morgan fingerprint density at radius 2 is 1.88 bits per heavy atom. The van der Waals surface area contributed by atoms with Crippen LogP contribution in [0.25, 0.3) is 5.52 Å². The summed E-state index contributed by atoms with van der Waals surface area (Å²) < 4.78 is 7.24. The molecule has 2 aromatic rings. The van der Waals surface area contributed by atoms with Crippen molar-refractivity contribution in [3.05, 3.63) is 33.6 Å². The maximum Gasteiger partial charge on any atom is 0.410 e. The Hall–Kier alpha value is -2.84. The van der Waals surface area contributed by atoms with Gasteiger partial charge in [-0.15, -0.1) is 0 Å². The van der Waals surface area contributed by atoms with Gasteiger partial charge >= 0.3 is 11.8 Å². The summed E-state index contributed by atoms with van der Waals surface area (Å²) >= 11 is 0. The highest BCUT2D eigenvalue weighted by atomic mass is 16.6. The van der Waals surface area contributed by atoms with Crippen LogP contribution in [0, 0.1) is 22.5 Å². The van der Waals surface area contributed by atoms with Crippen LogP contribution in [0.1, 0.15) is 58.3 Å². The van der Waals surface area contributed by atoms with Gasteiger partial charge in [0.05, 0.1) is 4.92 Å². The number of rotatable bonds is 3. The van der Waals surface area contributed by atoms with E-state index in [-0.39, 0.29) is 22.1 Å². The second kappa shape index (κ2) is 7.94. The molecule has 2 fully saturated rings. The van der Waals surface area contributed by atoms with Gasteiger partial charge in [-0.25, -0.2) is 9.31 Å². The fraction of sp³-hybridized carbons (Fsp3) is 0.652. The Balaban J connectivity index is 1.50. The summed E-state index contributed by atoms with van der Waals surface area (Å²) in [4.78, 5) is 28.0. The molecule has 2 aliphatic heterocycles. The first-order chi connectivity index (χ1) is 15.0. The normalized spacial score (nSPS) is 18.5. The summed E-state index contributed by atoms with van der Waals surface area (Å²) in [5, 5.41) is 16.1. The van der Waals surface area contributed by atoms with Crippen molar-refractivity contribution in [1.29, 1.82) is 0 Å². The Bertz CT molecular complexity index is 1050. The minimum atomic E-state index is -0.485. The van der Waals surface area contributed by atoms with Gasteiger partial charge in [0.15, 0.2) is 0 Å². The number of fused-ring (bicyclic) bond motifs is 1. The first-order valence-electron chi connectivity index (χ1n) is 11.4. The van der Waals surface area contributed by atoms with E-state index in [1.807, 2.05) is 45.6 Å². The summed E-state index contributed by atoms with van der Waals surface area (Å²) in [5.41, 5.74) is 2.70. The van der Waals surface area contributed by atoms with Crippen LogP contribution in [-0.2, 0) is 11.2 Å². The maximum atomic E-state index is 12.5. The Morgan fingerprint density at radius 1 is 1.22 bits per heavy atom. The first kappa shape index (κ1) is 22.4. The average molecular weight is 444 g/mol. The van der Waals surface area contributed by atoms with E-state index in [4.69, 9.17) is 4.74 Å². The standard InChI is InChI=1S/C23H33N5O4/c1-6-18-20(28(30)31)19-14-17(13-16(2)27(19)24-18)25-10-7-23(8-11-25)9-12-26(15-23)21(29)32-22(3,4)5/h13-14H,6-12,15H2,1-5H3. The van der Waals surface area contributed by atoms with E-state index >= 15 is 0 Å². The van der Waals surface area contributed by atoms with Crippen LogP contribution >= 0.6 is 0 Å². The van der Waals surface area contributed by atoms with Gasteiger partial charge in [0, 0.05) is 37.6 Å². The summed E-state index contributed by atoms with van der Waals surface area (Å²) in [6, 6.07) is 3.96. The molecular weight excluding hydrogens is 410 g/mol. The van der Waals surface area contributed by atoms with Gasteiger partial charge in [-0.3, -0.25) is 10.1 Å². The van der Waals surface area contributed by atoms with Crippen molar-refractivity contribution in [1.82, 2.24) is 14.5 Å². The zero-order valence-electron chi connectivity index (χ0n) is 19.7. The molecule has 1 amide bonds. The second-order valence-electron chi connectivity index (χ2n) is 10.2. The number of amides is 1. The van der Waals surface area contributed by atoms with Gasteiger partial charge in [0.1, 0.15) is 16.8 Å². The number of pyridine rings is 1. The van der Waals surface area contributed by atoms with Crippen LogP contribution < -0.4 is 4.90 Å². The number of nitro groups is 1. The number of hydrogen-bond acceptors (Lipinski definition) is 6. The van der Waals surface area contributed by atoms with Gasteiger partial charge in [-0.2, -0.15) is 5.10 Å². The molecule has 0 aromatic carbocycles. The molecule has 0 aliphatic carbocycles. The van der Waals surface area contributed by atoms with Crippen molar-refractivity contribution >= 4 is 23.0 Å². The van der Waals surface area contributed by atoms with Crippen molar-refractivity contribution in [3.8, 4) is 0 Å². The summed E-state index contributed by atoms with van der Waals surface area (Å²) in [5.74, 6) is 0. The number of likely N-dealkylation sites (tertiary alicyclic amines) is 1. The quantitative estimate of drug-likeness (QED) is 0.517. The van der Waals surface area contributed by atoms with E-state index in [1.165, 1.54) is 0 Å². The van der Waals surface area contributed by atoms with Crippen LogP contribution in [0.5, 0.6) is 0 Å². The highest BCUT2D eigenvalue weighted by molar-refractivity contribution is 5.73. The zero-order valence-corrected chi connectivity index (χ0v) is 19.7. The number of carbonyl (C=O) groups excluding carboxylic acids is 1. The lowest BCUT2D eigenvalue weighted by atomic mass is 9.77. The molecule has 0 saturated carbocycles.